The smallest absolute Gasteiger partial charge is 0.373 e. The summed E-state index contributed by atoms with van der Waals surface area (Å²) < 4.78 is 9.75. The first-order chi connectivity index (χ1) is 8.13. The SMILES string of the molecule is COC(=O)c1ccc(CNCCCC(N)=O)o1. The van der Waals surface area contributed by atoms with Gasteiger partial charge in [-0.2, -0.15) is 0 Å². The van der Waals surface area contributed by atoms with Gasteiger partial charge in [-0.1, -0.05) is 0 Å². The normalized spacial score (nSPS) is 10.2. The minimum Gasteiger partial charge on any atom is -0.463 e. The quantitative estimate of drug-likeness (QED) is 0.532. The summed E-state index contributed by atoms with van der Waals surface area (Å²) >= 11 is 0. The van der Waals surface area contributed by atoms with Crippen LogP contribution in [0.15, 0.2) is 16.5 Å². The molecule has 1 aromatic heterocycles. The Hall–Kier alpha value is -1.82. The summed E-state index contributed by atoms with van der Waals surface area (Å²) in [5.74, 6) is 0.0219. The molecule has 0 radical (unpaired) electrons. The second kappa shape index (κ2) is 6.70. The largest absolute Gasteiger partial charge is 0.463 e. The highest BCUT2D eigenvalue weighted by Gasteiger charge is 2.10. The van der Waals surface area contributed by atoms with Crippen molar-refractivity contribution in [2.24, 2.45) is 5.73 Å². The van der Waals surface area contributed by atoms with Gasteiger partial charge in [0, 0.05) is 6.42 Å². The number of rotatable bonds is 7. The average molecular weight is 240 g/mol. The van der Waals surface area contributed by atoms with E-state index in [0.717, 1.165) is 0 Å². The predicted molar refractivity (Wildman–Crippen MR) is 60.2 cm³/mol. The summed E-state index contributed by atoms with van der Waals surface area (Å²) in [7, 11) is 1.30. The standard InChI is InChI=1S/C11H16N2O4/c1-16-11(15)9-5-4-8(17-9)7-13-6-2-3-10(12)14/h4-5,13H,2-3,6-7H2,1H3,(H2,12,14). The van der Waals surface area contributed by atoms with Crippen molar-refractivity contribution in [3.05, 3.63) is 23.7 Å². The number of ether oxygens (including phenoxy) is 1. The number of primary amides is 1. The van der Waals surface area contributed by atoms with Gasteiger partial charge in [-0.15, -0.1) is 0 Å². The number of nitrogens with one attached hydrogen (secondary N) is 1. The molecule has 0 atom stereocenters. The first-order valence-electron chi connectivity index (χ1n) is 5.29. The fourth-order valence-electron chi connectivity index (χ4n) is 1.28. The molecule has 94 valence electrons. The van der Waals surface area contributed by atoms with Crippen LogP contribution in [0, 0.1) is 0 Å². The van der Waals surface area contributed by atoms with Crippen LogP contribution >= 0.6 is 0 Å². The highest BCUT2D eigenvalue weighted by molar-refractivity contribution is 5.86. The van der Waals surface area contributed by atoms with Crippen LogP contribution in [0.1, 0.15) is 29.2 Å². The maximum Gasteiger partial charge on any atom is 0.373 e. The maximum atomic E-state index is 11.1. The summed E-state index contributed by atoms with van der Waals surface area (Å²) in [5, 5.41) is 3.07. The minimum atomic E-state index is -0.495. The van der Waals surface area contributed by atoms with Crippen molar-refractivity contribution in [3.8, 4) is 0 Å². The van der Waals surface area contributed by atoms with E-state index in [2.05, 4.69) is 10.1 Å². The van der Waals surface area contributed by atoms with E-state index in [-0.39, 0.29) is 11.7 Å². The third-order valence-electron chi connectivity index (χ3n) is 2.12. The molecular formula is C11H16N2O4. The summed E-state index contributed by atoms with van der Waals surface area (Å²) in [6.07, 6.45) is 1.04. The summed E-state index contributed by atoms with van der Waals surface area (Å²) in [6, 6.07) is 3.26. The van der Waals surface area contributed by atoms with Crippen LogP contribution < -0.4 is 11.1 Å². The van der Waals surface area contributed by atoms with E-state index in [9.17, 15) is 9.59 Å². The zero-order valence-corrected chi connectivity index (χ0v) is 9.69. The van der Waals surface area contributed by atoms with Crippen LogP contribution in [0.25, 0.3) is 0 Å². The fraction of sp³-hybridized carbons (Fsp3) is 0.455. The van der Waals surface area contributed by atoms with Gasteiger partial charge >= 0.3 is 5.97 Å². The Morgan fingerprint density at radius 1 is 1.47 bits per heavy atom. The number of amides is 1. The maximum absolute atomic E-state index is 11.1. The molecule has 6 nitrogen and oxygen atoms in total. The third kappa shape index (κ3) is 4.69. The minimum absolute atomic E-state index is 0.182. The molecule has 1 heterocycles. The van der Waals surface area contributed by atoms with Crippen LogP contribution in [0.5, 0.6) is 0 Å². The van der Waals surface area contributed by atoms with Crippen LogP contribution in [0.4, 0.5) is 0 Å². The van der Waals surface area contributed by atoms with Gasteiger partial charge < -0.3 is 20.2 Å². The van der Waals surface area contributed by atoms with Gasteiger partial charge in [-0.05, 0) is 25.1 Å². The van der Waals surface area contributed by atoms with Gasteiger partial charge in [-0.3, -0.25) is 4.79 Å². The monoisotopic (exact) mass is 240 g/mol. The van der Waals surface area contributed by atoms with Crippen LogP contribution in [0.3, 0.4) is 0 Å². The molecule has 0 spiro atoms. The van der Waals surface area contributed by atoms with Crippen molar-refractivity contribution in [2.75, 3.05) is 13.7 Å². The Kier molecular flexibility index (Phi) is 5.22. The number of hydrogen-bond acceptors (Lipinski definition) is 5. The second-order valence-corrected chi connectivity index (χ2v) is 3.50. The molecule has 1 aromatic rings. The lowest BCUT2D eigenvalue weighted by Gasteiger charge is -2.00. The summed E-state index contributed by atoms with van der Waals surface area (Å²) in [5.41, 5.74) is 5.00. The van der Waals surface area contributed by atoms with E-state index in [4.69, 9.17) is 10.2 Å². The molecule has 0 aliphatic carbocycles. The van der Waals surface area contributed by atoms with E-state index in [1.54, 1.807) is 12.1 Å². The second-order valence-electron chi connectivity index (χ2n) is 3.50. The lowest BCUT2D eigenvalue weighted by Crippen LogP contribution is -2.17. The lowest BCUT2D eigenvalue weighted by molar-refractivity contribution is -0.118. The Morgan fingerprint density at radius 2 is 2.24 bits per heavy atom. The Labute approximate surface area is 99.1 Å². The Bertz CT molecular complexity index is 387. The zero-order valence-electron chi connectivity index (χ0n) is 9.69. The molecule has 1 rings (SSSR count). The highest BCUT2D eigenvalue weighted by Crippen LogP contribution is 2.08. The molecule has 0 aliphatic rings. The summed E-state index contributed by atoms with van der Waals surface area (Å²) in [4.78, 5) is 21.6. The average Bonchev–Trinajstić information content (AvgIpc) is 2.76. The molecule has 0 saturated heterocycles. The van der Waals surface area contributed by atoms with Crippen LogP contribution in [0.2, 0.25) is 0 Å². The van der Waals surface area contributed by atoms with E-state index in [1.807, 2.05) is 0 Å². The molecule has 0 aromatic carbocycles. The molecule has 0 bridgehead atoms. The van der Waals surface area contributed by atoms with Crippen molar-refractivity contribution in [1.29, 1.82) is 0 Å². The number of methoxy groups -OCH3 is 1. The number of nitrogens with two attached hydrogens (primary N) is 1. The van der Waals surface area contributed by atoms with Crippen molar-refractivity contribution in [2.45, 2.75) is 19.4 Å². The van der Waals surface area contributed by atoms with Crippen molar-refractivity contribution >= 4 is 11.9 Å². The molecule has 3 N–H and O–H groups in total. The van der Waals surface area contributed by atoms with Crippen LogP contribution in [-0.4, -0.2) is 25.5 Å². The highest BCUT2D eigenvalue weighted by atomic mass is 16.5. The van der Waals surface area contributed by atoms with Crippen molar-refractivity contribution < 1.29 is 18.7 Å². The van der Waals surface area contributed by atoms with E-state index < -0.39 is 5.97 Å². The first kappa shape index (κ1) is 13.2. The number of carbonyl (C=O) groups is 2. The zero-order chi connectivity index (χ0) is 12.7. The topological polar surface area (TPSA) is 94.6 Å². The molecule has 0 unspecified atom stereocenters. The number of carbonyl (C=O) groups excluding carboxylic acids is 2. The van der Waals surface area contributed by atoms with Gasteiger partial charge in [0.15, 0.2) is 0 Å². The van der Waals surface area contributed by atoms with E-state index >= 15 is 0 Å². The van der Waals surface area contributed by atoms with Crippen LogP contribution in [-0.2, 0) is 16.1 Å². The Morgan fingerprint density at radius 3 is 2.88 bits per heavy atom. The fourth-order valence-corrected chi connectivity index (χ4v) is 1.28. The van der Waals surface area contributed by atoms with Gasteiger partial charge in [0.2, 0.25) is 11.7 Å². The molecule has 0 aliphatic heterocycles. The molecule has 1 amide bonds. The van der Waals surface area contributed by atoms with Crippen molar-refractivity contribution in [3.63, 3.8) is 0 Å². The van der Waals surface area contributed by atoms with Gasteiger partial charge in [-0.25, -0.2) is 4.79 Å². The van der Waals surface area contributed by atoms with Gasteiger partial charge in [0.1, 0.15) is 5.76 Å². The molecule has 17 heavy (non-hydrogen) atoms. The first-order valence-corrected chi connectivity index (χ1v) is 5.29. The molecule has 0 fully saturated rings. The number of esters is 1. The number of hydrogen-bond donors (Lipinski definition) is 2. The number of furan rings is 1. The molecular weight excluding hydrogens is 224 g/mol. The predicted octanol–water partition coefficient (Wildman–Crippen LogP) is 0.421. The van der Waals surface area contributed by atoms with Crippen molar-refractivity contribution in [1.82, 2.24) is 5.32 Å². The lowest BCUT2D eigenvalue weighted by atomic mass is 10.3. The third-order valence-corrected chi connectivity index (χ3v) is 2.12. The van der Waals surface area contributed by atoms with E-state index in [1.165, 1.54) is 7.11 Å². The van der Waals surface area contributed by atoms with E-state index in [0.29, 0.717) is 31.7 Å². The van der Waals surface area contributed by atoms with Gasteiger partial charge in [0.05, 0.1) is 13.7 Å². The Balaban J connectivity index is 2.25. The molecule has 6 heteroatoms. The molecule has 0 saturated carbocycles. The van der Waals surface area contributed by atoms with Gasteiger partial charge in [0.25, 0.3) is 0 Å². The summed E-state index contributed by atoms with van der Waals surface area (Å²) in [6.45, 7) is 1.16.